The van der Waals surface area contributed by atoms with E-state index in [1.807, 2.05) is 0 Å². The summed E-state index contributed by atoms with van der Waals surface area (Å²) in [6.07, 6.45) is 10.5. The predicted octanol–water partition coefficient (Wildman–Crippen LogP) is 2.91. The first-order valence-corrected chi connectivity index (χ1v) is 7.48. The number of carbonyl (C=O) groups is 1. The van der Waals surface area contributed by atoms with Crippen molar-refractivity contribution in [3.05, 3.63) is 12.2 Å². The molecule has 0 radical (unpaired) electrons. The van der Waals surface area contributed by atoms with E-state index in [4.69, 9.17) is 9.84 Å². The monoisotopic (exact) mass is 270 g/mol. The van der Waals surface area contributed by atoms with Gasteiger partial charge in [0.15, 0.2) is 0 Å². The summed E-state index contributed by atoms with van der Waals surface area (Å²) in [5.41, 5.74) is 0. The van der Waals surface area contributed by atoms with Crippen molar-refractivity contribution in [3.63, 3.8) is 0 Å². The summed E-state index contributed by atoms with van der Waals surface area (Å²) in [7, 11) is 0. The van der Waals surface area contributed by atoms with Gasteiger partial charge < -0.3 is 9.84 Å². The van der Waals surface area contributed by atoms with Crippen LogP contribution in [0.5, 0.6) is 0 Å². The molecule has 3 nitrogen and oxygen atoms in total. The van der Waals surface area contributed by atoms with E-state index < -0.39 is 5.97 Å². The predicted molar refractivity (Wildman–Crippen MR) is 74.0 cm³/mol. The van der Waals surface area contributed by atoms with E-state index in [9.17, 15) is 4.79 Å². The molecule has 0 amide bonds. The van der Waals surface area contributed by atoms with Crippen LogP contribution >= 0.6 is 12.6 Å². The van der Waals surface area contributed by atoms with Gasteiger partial charge in [-0.1, -0.05) is 12.2 Å². The Labute approximate surface area is 114 Å². The van der Waals surface area contributed by atoms with Crippen molar-refractivity contribution >= 4 is 18.6 Å². The molecule has 2 fully saturated rings. The van der Waals surface area contributed by atoms with Crippen LogP contribution in [0, 0.1) is 11.8 Å². The lowest BCUT2D eigenvalue weighted by Crippen LogP contribution is -2.28. The molecule has 1 N–H and O–H groups in total. The lowest BCUT2D eigenvalue weighted by Gasteiger charge is -2.25. The maximum absolute atomic E-state index is 10.4. The van der Waals surface area contributed by atoms with Crippen LogP contribution in [0.2, 0.25) is 0 Å². The SMILES string of the molecule is O=C(O)CCC/C=C\C[C@@H]1[C@H](CS)[C@@H]2CC[C@H]1O2. The molecule has 0 aromatic heterocycles. The zero-order chi connectivity index (χ0) is 13.0. The van der Waals surface area contributed by atoms with Gasteiger partial charge in [-0.15, -0.1) is 0 Å². The number of thiol groups is 1. The van der Waals surface area contributed by atoms with Crippen LogP contribution in [0.25, 0.3) is 0 Å². The van der Waals surface area contributed by atoms with E-state index in [1.54, 1.807) is 0 Å². The summed E-state index contributed by atoms with van der Waals surface area (Å²) in [5.74, 6) is 1.44. The molecule has 0 spiro atoms. The van der Waals surface area contributed by atoms with Crippen LogP contribution in [-0.4, -0.2) is 29.0 Å². The largest absolute Gasteiger partial charge is 0.481 e. The number of ether oxygens (including phenoxy) is 1. The molecule has 2 aliphatic rings. The summed E-state index contributed by atoms with van der Waals surface area (Å²) in [4.78, 5) is 10.4. The molecule has 4 atom stereocenters. The number of carboxylic acids is 1. The lowest BCUT2D eigenvalue weighted by molar-refractivity contribution is -0.137. The molecule has 18 heavy (non-hydrogen) atoms. The Kier molecular flexibility index (Phi) is 5.13. The first-order valence-electron chi connectivity index (χ1n) is 6.85. The van der Waals surface area contributed by atoms with Crippen molar-refractivity contribution in [2.45, 2.75) is 50.7 Å². The number of aliphatic carboxylic acids is 1. The maximum Gasteiger partial charge on any atom is 0.303 e. The van der Waals surface area contributed by atoms with Crippen LogP contribution in [0.1, 0.15) is 38.5 Å². The number of fused-ring (bicyclic) bond motifs is 2. The average Bonchev–Trinajstić information content (AvgIpc) is 2.93. The van der Waals surface area contributed by atoms with E-state index in [0.717, 1.165) is 25.0 Å². The van der Waals surface area contributed by atoms with Crippen LogP contribution in [-0.2, 0) is 9.53 Å². The first kappa shape index (κ1) is 13.9. The summed E-state index contributed by atoms with van der Waals surface area (Å²) >= 11 is 4.44. The lowest BCUT2D eigenvalue weighted by atomic mass is 9.78. The molecule has 4 heteroatoms. The number of hydrogen-bond donors (Lipinski definition) is 2. The Morgan fingerprint density at radius 1 is 1.28 bits per heavy atom. The summed E-state index contributed by atoms with van der Waals surface area (Å²) in [5, 5.41) is 8.53. The highest BCUT2D eigenvalue weighted by molar-refractivity contribution is 7.80. The van der Waals surface area contributed by atoms with Gasteiger partial charge in [-0.25, -0.2) is 0 Å². The fourth-order valence-corrected chi connectivity index (χ4v) is 3.70. The Hall–Kier alpha value is -0.480. The molecule has 2 rings (SSSR count). The van der Waals surface area contributed by atoms with E-state index in [2.05, 4.69) is 24.8 Å². The van der Waals surface area contributed by atoms with E-state index in [-0.39, 0.29) is 6.42 Å². The van der Waals surface area contributed by atoms with Crippen molar-refractivity contribution in [3.8, 4) is 0 Å². The Morgan fingerprint density at radius 2 is 2.00 bits per heavy atom. The summed E-state index contributed by atoms with van der Waals surface area (Å²) in [6.45, 7) is 0. The molecule has 2 saturated heterocycles. The van der Waals surface area contributed by atoms with E-state index in [1.165, 1.54) is 12.8 Å². The topological polar surface area (TPSA) is 46.5 Å². The van der Waals surface area contributed by atoms with Gasteiger partial charge in [0.05, 0.1) is 12.2 Å². The van der Waals surface area contributed by atoms with Gasteiger partial charge in [0.1, 0.15) is 0 Å². The van der Waals surface area contributed by atoms with Gasteiger partial charge in [-0.2, -0.15) is 12.6 Å². The third-order valence-electron chi connectivity index (χ3n) is 4.14. The van der Waals surface area contributed by atoms with Crippen LogP contribution in [0.15, 0.2) is 12.2 Å². The quantitative estimate of drug-likeness (QED) is 0.425. The number of allylic oxidation sites excluding steroid dienone is 2. The molecule has 0 unspecified atom stereocenters. The zero-order valence-electron chi connectivity index (χ0n) is 10.6. The number of carboxylic acid groups (broad SMARTS) is 1. The highest BCUT2D eigenvalue weighted by Gasteiger charge is 2.47. The molecule has 2 aliphatic heterocycles. The number of hydrogen-bond acceptors (Lipinski definition) is 3. The van der Waals surface area contributed by atoms with Crippen molar-refractivity contribution in [1.29, 1.82) is 0 Å². The van der Waals surface area contributed by atoms with E-state index in [0.29, 0.717) is 24.0 Å². The summed E-state index contributed by atoms with van der Waals surface area (Å²) < 4.78 is 5.94. The number of rotatable bonds is 7. The molecule has 0 aromatic carbocycles. The van der Waals surface area contributed by atoms with Gasteiger partial charge in [0, 0.05) is 6.42 Å². The summed E-state index contributed by atoms with van der Waals surface area (Å²) in [6, 6.07) is 0. The standard InChI is InChI=1S/C14H22O3S/c15-14(16)6-4-2-1-3-5-10-11(9-18)13-8-7-12(10)17-13/h1,3,10-13,18H,2,4-9H2,(H,15,16)/b3-1-/t10-,11+,12-,13+/m1/s1. The van der Waals surface area contributed by atoms with Gasteiger partial charge in [0.25, 0.3) is 0 Å². The van der Waals surface area contributed by atoms with Crippen LogP contribution in [0.3, 0.4) is 0 Å². The van der Waals surface area contributed by atoms with Gasteiger partial charge in [0.2, 0.25) is 0 Å². The van der Waals surface area contributed by atoms with Gasteiger partial charge in [-0.05, 0) is 49.7 Å². The Balaban J connectivity index is 1.69. The third kappa shape index (κ3) is 3.29. The molecule has 0 aromatic rings. The van der Waals surface area contributed by atoms with E-state index >= 15 is 0 Å². The smallest absolute Gasteiger partial charge is 0.303 e. The normalized spacial score (nSPS) is 34.5. The molecular weight excluding hydrogens is 248 g/mol. The van der Waals surface area contributed by atoms with Crippen LogP contribution in [0.4, 0.5) is 0 Å². The van der Waals surface area contributed by atoms with Crippen molar-refractivity contribution in [2.24, 2.45) is 11.8 Å². The van der Waals surface area contributed by atoms with Crippen LogP contribution < -0.4 is 0 Å². The second-order valence-corrected chi connectivity index (χ2v) is 5.66. The molecule has 2 bridgehead atoms. The highest BCUT2D eigenvalue weighted by atomic mass is 32.1. The maximum atomic E-state index is 10.4. The highest BCUT2D eigenvalue weighted by Crippen LogP contribution is 2.45. The second kappa shape index (κ2) is 6.62. The van der Waals surface area contributed by atoms with Crippen molar-refractivity contribution < 1.29 is 14.6 Å². The zero-order valence-corrected chi connectivity index (χ0v) is 11.5. The third-order valence-corrected chi connectivity index (χ3v) is 4.56. The molecule has 2 heterocycles. The van der Waals surface area contributed by atoms with Crippen molar-refractivity contribution in [2.75, 3.05) is 5.75 Å². The molecule has 102 valence electrons. The van der Waals surface area contributed by atoms with Crippen molar-refractivity contribution in [1.82, 2.24) is 0 Å². The molecular formula is C14H22O3S. The first-order chi connectivity index (χ1) is 8.72. The minimum atomic E-state index is -0.708. The fraction of sp³-hybridized carbons (Fsp3) is 0.786. The fourth-order valence-electron chi connectivity index (χ4n) is 3.19. The second-order valence-electron chi connectivity index (χ2n) is 5.29. The minimum absolute atomic E-state index is 0.265. The van der Waals surface area contributed by atoms with Gasteiger partial charge in [-0.3, -0.25) is 4.79 Å². The molecule has 0 saturated carbocycles. The molecule has 0 aliphatic carbocycles. The Bertz CT molecular complexity index is 316. The average molecular weight is 270 g/mol. The Morgan fingerprint density at radius 3 is 2.67 bits per heavy atom. The minimum Gasteiger partial charge on any atom is -0.481 e. The van der Waals surface area contributed by atoms with Gasteiger partial charge >= 0.3 is 5.97 Å². The number of unbranched alkanes of at least 4 members (excludes halogenated alkanes) is 1.